The maximum absolute atomic E-state index is 12.8. The Labute approximate surface area is 89.1 Å². The van der Waals surface area contributed by atoms with Crippen LogP contribution in [0.25, 0.3) is 0 Å². The first-order valence-corrected chi connectivity index (χ1v) is 4.06. The predicted molar refractivity (Wildman–Crippen MR) is 50.7 cm³/mol. The fourth-order valence-corrected chi connectivity index (χ4v) is 0.939. The van der Waals surface area contributed by atoms with Crippen LogP contribution < -0.4 is 11.2 Å². The first-order valence-electron chi connectivity index (χ1n) is 4.06. The second-order valence-corrected chi connectivity index (χ2v) is 2.70. The standard InChI is InChI=1S/C9H7FN2O4/c10-5-1-2-7(6(3-5)9(11)15)12-16-8(14)4-13/h1-4,12H,(H2,11,15). The van der Waals surface area contributed by atoms with Crippen LogP contribution in [0.4, 0.5) is 10.1 Å². The van der Waals surface area contributed by atoms with E-state index < -0.39 is 17.7 Å². The Hall–Kier alpha value is -2.44. The molecule has 0 saturated carbocycles. The summed E-state index contributed by atoms with van der Waals surface area (Å²) in [6, 6.07) is 3.05. The number of nitrogens with one attached hydrogen (secondary N) is 1. The van der Waals surface area contributed by atoms with E-state index in [1.807, 2.05) is 5.48 Å². The fraction of sp³-hybridized carbons (Fsp3) is 0. The lowest BCUT2D eigenvalue weighted by atomic mass is 10.1. The van der Waals surface area contributed by atoms with Crippen molar-refractivity contribution in [1.29, 1.82) is 0 Å². The molecule has 0 aliphatic heterocycles. The number of anilines is 1. The number of amides is 1. The van der Waals surface area contributed by atoms with E-state index >= 15 is 0 Å². The van der Waals surface area contributed by atoms with Gasteiger partial charge in [-0.15, -0.1) is 0 Å². The smallest absolute Gasteiger partial charge is 0.366 e. The van der Waals surface area contributed by atoms with Gasteiger partial charge in [0.25, 0.3) is 5.91 Å². The van der Waals surface area contributed by atoms with Crippen molar-refractivity contribution in [3.8, 4) is 0 Å². The Morgan fingerprint density at radius 3 is 2.69 bits per heavy atom. The molecule has 16 heavy (non-hydrogen) atoms. The first-order chi connectivity index (χ1) is 7.54. The predicted octanol–water partition coefficient (Wildman–Crippen LogP) is -0.00640. The molecule has 1 rings (SSSR count). The number of carbonyl (C=O) groups is 3. The summed E-state index contributed by atoms with van der Waals surface area (Å²) < 4.78 is 12.8. The lowest BCUT2D eigenvalue weighted by Crippen LogP contribution is -2.17. The highest BCUT2D eigenvalue weighted by Crippen LogP contribution is 2.16. The molecule has 0 radical (unpaired) electrons. The van der Waals surface area contributed by atoms with E-state index in [0.717, 1.165) is 18.2 Å². The van der Waals surface area contributed by atoms with Crippen molar-refractivity contribution < 1.29 is 23.6 Å². The molecule has 0 spiro atoms. The molecule has 1 aromatic carbocycles. The Morgan fingerprint density at radius 1 is 1.44 bits per heavy atom. The topological polar surface area (TPSA) is 98.5 Å². The summed E-state index contributed by atoms with van der Waals surface area (Å²) in [6.45, 7) is 0. The number of benzene rings is 1. The van der Waals surface area contributed by atoms with Crippen LogP contribution in [-0.2, 0) is 14.4 Å². The van der Waals surface area contributed by atoms with E-state index in [-0.39, 0.29) is 17.5 Å². The summed E-state index contributed by atoms with van der Waals surface area (Å²) in [5.74, 6) is -2.75. The number of carbonyl (C=O) groups excluding carboxylic acids is 3. The molecule has 3 N–H and O–H groups in total. The van der Waals surface area contributed by atoms with Crippen LogP contribution in [0.15, 0.2) is 18.2 Å². The van der Waals surface area contributed by atoms with Crippen LogP contribution in [0.3, 0.4) is 0 Å². The van der Waals surface area contributed by atoms with Crippen molar-refractivity contribution in [3.05, 3.63) is 29.6 Å². The minimum atomic E-state index is -1.18. The van der Waals surface area contributed by atoms with E-state index in [9.17, 15) is 18.8 Å². The molecule has 0 aliphatic carbocycles. The van der Waals surface area contributed by atoms with Gasteiger partial charge in [-0.05, 0) is 18.2 Å². The number of hydrogen-bond acceptors (Lipinski definition) is 5. The zero-order valence-electron chi connectivity index (χ0n) is 7.90. The molecule has 1 amide bonds. The summed E-state index contributed by atoms with van der Waals surface area (Å²) in [5, 5.41) is 0. The summed E-state index contributed by atoms with van der Waals surface area (Å²) in [7, 11) is 0. The van der Waals surface area contributed by atoms with Crippen molar-refractivity contribution >= 4 is 23.9 Å². The monoisotopic (exact) mass is 226 g/mol. The third-order valence-corrected chi connectivity index (χ3v) is 1.60. The van der Waals surface area contributed by atoms with Gasteiger partial charge in [-0.1, -0.05) is 0 Å². The Balaban J connectivity index is 2.90. The summed E-state index contributed by atoms with van der Waals surface area (Å²) >= 11 is 0. The molecular weight excluding hydrogens is 219 g/mol. The van der Waals surface area contributed by atoms with Gasteiger partial charge in [0, 0.05) is 0 Å². The fourth-order valence-electron chi connectivity index (χ4n) is 0.939. The normalized spacial score (nSPS) is 9.31. The lowest BCUT2D eigenvalue weighted by molar-refractivity contribution is -0.146. The van der Waals surface area contributed by atoms with E-state index in [1.54, 1.807) is 0 Å². The number of hydrogen-bond donors (Lipinski definition) is 2. The average Bonchev–Trinajstić information content (AvgIpc) is 2.26. The van der Waals surface area contributed by atoms with Crippen LogP contribution in [-0.4, -0.2) is 18.2 Å². The van der Waals surface area contributed by atoms with Crippen molar-refractivity contribution in [1.82, 2.24) is 0 Å². The molecule has 0 aliphatic rings. The molecule has 7 heteroatoms. The van der Waals surface area contributed by atoms with Crippen LogP contribution in [0.5, 0.6) is 0 Å². The average molecular weight is 226 g/mol. The summed E-state index contributed by atoms with van der Waals surface area (Å²) in [4.78, 5) is 35.5. The van der Waals surface area contributed by atoms with Gasteiger partial charge >= 0.3 is 5.97 Å². The van der Waals surface area contributed by atoms with E-state index in [0.29, 0.717) is 0 Å². The van der Waals surface area contributed by atoms with E-state index in [2.05, 4.69) is 4.84 Å². The van der Waals surface area contributed by atoms with E-state index in [4.69, 9.17) is 5.73 Å². The van der Waals surface area contributed by atoms with Gasteiger partial charge in [-0.2, -0.15) is 0 Å². The van der Waals surface area contributed by atoms with Gasteiger partial charge in [0.2, 0.25) is 6.29 Å². The second kappa shape index (κ2) is 4.87. The molecule has 0 aromatic heterocycles. The minimum absolute atomic E-state index is 0.0101. The Kier molecular flexibility index (Phi) is 3.54. The number of halogens is 1. The van der Waals surface area contributed by atoms with Crippen molar-refractivity contribution in [2.45, 2.75) is 0 Å². The van der Waals surface area contributed by atoms with Crippen LogP contribution in [0.1, 0.15) is 10.4 Å². The van der Waals surface area contributed by atoms with Gasteiger partial charge in [0.1, 0.15) is 5.82 Å². The second-order valence-electron chi connectivity index (χ2n) is 2.70. The highest BCUT2D eigenvalue weighted by Gasteiger charge is 2.10. The zero-order valence-corrected chi connectivity index (χ0v) is 7.90. The highest BCUT2D eigenvalue weighted by molar-refractivity contribution is 6.20. The zero-order chi connectivity index (χ0) is 12.1. The van der Waals surface area contributed by atoms with Gasteiger partial charge in [0.05, 0.1) is 11.3 Å². The van der Waals surface area contributed by atoms with E-state index in [1.165, 1.54) is 0 Å². The van der Waals surface area contributed by atoms with Crippen LogP contribution >= 0.6 is 0 Å². The van der Waals surface area contributed by atoms with Gasteiger partial charge in [-0.25, -0.2) is 14.7 Å². The molecular formula is C9H7FN2O4. The Bertz CT molecular complexity index is 447. The largest absolute Gasteiger partial charge is 0.395 e. The molecule has 1 aromatic rings. The molecule has 0 unspecified atom stereocenters. The van der Waals surface area contributed by atoms with Gasteiger partial charge < -0.3 is 10.6 Å². The van der Waals surface area contributed by atoms with Crippen molar-refractivity contribution in [3.63, 3.8) is 0 Å². The van der Waals surface area contributed by atoms with Crippen molar-refractivity contribution in [2.75, 3.05) is 5.48 Å². The quantitative estimate of drug-likeness (QED) is 0.427. The summed E-state index contributed by atoms with van der Waals surface area (Å²) in [6.07, 6.45) is -0.0690. The number of primary amides is 1. The third kappa shape index (κ3) is 2.77. The van der Waals surface area contributed by atoms with Crippen molar-refractivity contribution in [2.24, 2.45) is 5.73 Å². The number of aldehydes is 1. The molecule has 0 fully saturated rings. The van der Waals surface area contributed by atoms with Crippen LogP contribution in [0, 0.1) is 5.82 Å². The SMILES string of the molecule is NC(=O)c1cc(F)ccc1NOC(=O)C=O. The maximum Gasteiger partial charge on any atom is 0.395 e. The molecule has 0 bridgehead atoms. The summed E-state index contributed by atoms with van der Waals surface area (Å²) in [5.41, 5.74) is 6.79. The molecule has 0 heterocycles. The van der Waals surface area contributed by atoms with Gasteiger partial charge in [0.15, 0.2) is 0 Å². The maximum atomic E-state index is 12.8. The molecule has 0 saturated heterocycles. The number of rotatable bonds is 4. The van der Waals surface area contributed by atoms with Gasteiger partial charge in [-0.3, -0.25) is 9.59 Å². The third-order valence-electron chi connectivity index (χ3n) is 1.60. The molecule has 84 valence electrons. The van der Waals surface area contributed by atoms with Crippen LogP contribution in [0.2, 0.25) is 0 Å². The number of nitrogens with two attached hydrogens (primary N) is 1. The highest BCUT2D eigenvalue weighted by atomic mass is 19.1. The molecule has 0 atom stereocenters. The Morgan fingerprint density at radius 2 is 2.12 bits per heavy atom. The molecule has 6 nitrogen and oxygen atoms in total. The first kappa shape index (κ1) is 11.6. The minimum Gasteiger partial charge on any atom is -0.366 e. The lowest BCUT2D eigenvalue weighted by Gasteiger charge is -2.07.